The molecule has 0 aliphatic rings. The van der Waals surface area contributed by atoms with Gasteiger partial charge in [-0.05, 0) is 38.5 Å². The van der Waals surface area contributed by atoms with Crippen molar-refractivity contribution in [2.24, 2.45) is 0 Å². The third-order valence-electron chi connectivity index (χ3n) is 2.89. The summed E-state index contributed by atoms with van der Waals surface area (Å²) in [4.78, 5) is 22.9. The van der Waals surface area contributed by atoms with Crippen LogP contribution in [0.3, 0.4) is 0 Å². The first-order valence-corrected chi connectivity index (χ1v) is 6.68. The standard InChI is InChI=1S/C14H18F3N3O2/c1-4-18-13(22)20-12(21)9(3)19-10-6-5-8(2)11(7-10)14(15,16)17/h5-7,9,19H,4H2,1-3H3,(H2,18,20,21,22). The van der Waals surface area contributed by atoms with Gasteiger partial charge in [0.2, 0.25) is 5.91 Å². The zero-order chi connectivity index (χ0) is 16.9. The van der Waals surface area contributed by atoms with Crippen molar-refractivity contribution in [3.05, 3.63) is 29.3 Å². The number of halogens is 3. The second-order valence-corrected chi connectivity index (χ2v) is 4.74. The van der Waals surface area contributed by atoms with E-state index in [0.717, 1.165) is 6.07 Å². The lowest BCUT2D eigenvalue weighted by atomic mass is 10.1. The molecule has 0 heterocycles. The van der Waals surface area contributed by atoms with E-state index in [4.69, 9.17) is 0 Å². The van der Waals surface area contributed by atoms with Gasteiger partial charge in [-0.15, -0.1) is 0 Å². The molecule has 0 spiro atoms. The second kappa shape index (κ2) is 7.15. The van der Waals surface area contributed by atoms with E-state index in [2.05, 4.69) is 16.0 Å². The Hall–Kier alpha value is -2.25. The molecular weight excluding hydrogens is 299 g/mol. The molecule has 1 unspecified atom stereocenters. The number of aryl methyl sites for hydroxylation is 1. The van der Waals surface area contributed by atoms with Gasteiger partial charge >= 0.3 is 12.2 Å². The van der Waals surface area contributed by atoms with Crippen LogP contribution >= 0.6 is 0 Å². The summed E-state index contributed by atoms with van der Waals surface area (Å²) in [5, 5.41) is 7.10. The average Bonchev–Trinajstić information content (AvgIpc) is 2.39. The van der Waals surface area contributed by atoms with Crippen molar-refractivity contribution in [1.82, 2.24) is 10.6 Å². The van der Waals surface area contributed by atoms with Crippen LogP contribution in [-0.2, 0) is 11.0 Å². The molecule has 3 N–H and O–H groups in total. The highest BCUT2D eigenvalue weighted by molar-refractivity contribution is 5.97. The van der Waals surface area contributed by atoms with Crippen LogP contribution in [0.5, 0.6) is 0 Å². The maximum absolute atomic E-state index is 12.8. The number of hydrogen-bond donors (Lipinski definition) is 3. The zero-order valence-corrected chi connectivity index (χ0v) is 12.5. The van der Waals surface area contributed by atoms with Gasteiger partial charge in [0.1, 0.15) is 6.04 Å². The van der Waals surface area contributed by atoms with Gasteiger partial charge in [0, 0.05) is 12.2 Å². The lowest BCUT2D eigenvalue weighted by Crippen LogP contribution is -2.45. The number of imide groups is 1. The summed E-state index contributed by atoms with van der Waals surface area (Å²) in [6, 6.07) is 2.18. The number of benzene rings is 1. The van der Waals surface area contributed by atoms with Gasteiger partial charge in [-0.1, -0.05) is 6.07 Å². The van der Waals surface area contributed by atoms with Crippen LogP contribution < -0.4 is 16.0 Å². The molecule has 3 amide bonds. The van der Waals surface area contributed by atoms with Crippen molar-refractivity contribution in [1.29, 1.82) is 0 Å². The average molecular weight is 317 g/mol. The van der Waals surface area contributed by atoms with Gasteiger partial charge in [0.05, 0.1) is 5.56 Å². The van der Waals surface area contributed by atoms with Gasteiger partial charge in [0.15, 0.2) is 0 Å². The lowest BCUT2D eigenvalue weighted by molar-refractivity contribution is -0.138. The largest absolute Gasteiger partial charge is 0.416 e. The quantitative estimate of drug-likeness (QED) is 0.799. The molecular formula is C14H18F3N3O2. The number of nitrogens with one attached hydrogen (secondary N) is 3. The molecule has 1 aromatic carbocycles. The van der Waals surface area contributed by atoms with Crippen molar-refractivity contribution in [2.45, 2.75) is 33.0 Å². The molecule has 0 fully saturated rings. The molecule has 0 bridgehead atoms. The van der Waals surface area contributed by atoms with E-state index in [-0.39, 0.29) is 11.3 Å². The van der Waals surface area contributed by atoms with E-state index in [1.54, 1.807) is 6.92 Å². The summed E-state index contributed by atoms with van der Waals surface area (Å²) >= 11 is 0. The van der Waals surface area contributed by atoms with Gasteiger partial charge in [0.25, 0.3) is 0 Å². The van der Waals surface area contributed by atoms with E-state index < -0.39 is 29.7 Å². The van der Waals surface area contributed by atoms with Gasteiger partial charge < -0.3 is 10.6 Å². The Morgan fingerprint density at radius 1 is 1.27 bits per heavy atom. The van der Waals surface area contributed by atoms with Crippen LogP contribution in [-0.4, -0.2) is 24.5 Å². The molecule has 8 heteroatoms. The topological polar surface area (TPSA) is 70.2 Å². The van der Waals surface area contributed by atoms with E-state index in [9.17, 15) is 22.8 Å². The maximum atomic E-state index is 12.8. The smallest absolute Gasteiger partial charge is 0.374 e. The Morgan fingerprint density at radius 3 is 2.45 bits per heavy atom. The van der Waals surface area contributed by atoms with Crippen LogP contribution in [0.2, 0.25) is 0 Å². The number of urea groups is 1. The second-order valence-electron chi connectivity index (χ2n) is 4.74. The predicted molar refractivity (Wildman–Crippen MR) is 76.5 cm³/mol. The Labute approximate surface area is 126 Å². The Bertz CT molecular complexity index is 559. The zero-order valence-electron chi connectivity index (χ0n) is 12.5. The molecule has 22 heavy (non-hydrogen) atoms. The third-order valence-corrected chi connectivity index (χ3v) is 2.89. The minimum absolute atomic E-state index is 0.0949. The minimum Gasteiger partial charge on any atom is -0.374 e. The number of alkyl halides is 3. The molecule has 122 valence electrons. The third kappa shape index (κ3) is 4.94. The lowest BCUT2D eigenvalue weighted by Gasteiger charge is -2.17. The summed E-state index contributed by atoms with van der Waals surface area (Å²) in [5.74, 6) is -0.639. The predicted octanol–water partition coefficient (Wildman–Crippen LogP) is 2.66. The van der Waals surface area contributed by atoms with E-state index in [1.165, 1.54) is 26.0 Å². The van der Waals surface area contributed by atoms with Crippen molar-refractivity contribution >= 4 is 17.6 Å². The molecule has 0 aliphatic heterocycles. The first-order chi connectivity index (χ1) is 10.1. The summed E-state index contributed by atoms with van der Waals surface area (Å²) < 4.78 is 38.5. The highest BCUT2D eigenvalue weighted by atomic mass is 19.4. The van der Waals surface area contributed by atoms with Gasteiger partial charge in [-0.25, -0.2) is 4.79 Å². The number of rotatable bonds is 4. The molecule has 1 aromatic rings. The van der Waals surface area contributed by atoms with Gasteiger partial charge in [-0.2, -0.15) is 13.2 Å². The summed E-state index contributed by atoms with van der Waals surface area (Å²) in [6.07, 6.45) is -4.46. The first-order valence-electron chi connectivity index (χ1n) is 6.68. The fraction of sp³-hybridized carbons (Fsp3) is 0.429. The SMILES string of the molecule is CCNC(=O)NC(=O)C(C)Nc1ccc(C)c(C(F)(F)F)c1. The molecule has 1 atom stereocenters. The molecule has 0 saturated carbocycles. The van der Waals surface area contributed by atoms with E-state index in [0.29, 0.717) is 6.54 Å². The van der Waals surface area contributed by atoms with E-state index >= 15 is 0 Å². The highest BCUT2D eigenvalue weighted by Crippen LogP contribution is 2.33. The van der Waals surface area contributed by atoms with Crippen LogP contribution in [0.25, 0.3) is 0 Å². The highest BCUT2D eigenvalue weighted by Gasteiger charge is 2.32. The van der Waals surface area contributed by atoms with Crippen molar-refractivity contribution < 1.29 is 22.8 Å². The molecule has 0 aliphatic carbocycles. The molecule has 0 saturated heterocycles. The number of carbonyl (C=O) groups is 2. The maximum Gasteiger partial charge on any atom is 0.416 e. The first kappa shape index (κ1) is 17.8. The Kier molecular flexibility index (Phi) is 5.78. The molecule has 1 rings (SSSR count). The number of carbonyl (C=O) groups excluding carboxylic acids is 2. The van der Waals surface area contributed by atoms with Crippen molar-refractivity contribution in [2.75, 3.05) is 11.9 Å². The molecule has 5 nitrogen and oxygen atoms in total. The summed E-state index contributed by atoms with van der Waals surface area (Å²) in [6.45, 7) is 4.85. The number of hydrogen-bond acceptors (Lipinski definition) is 3. The molecule has 0 aromatic heterocycles. The number of amides is 3. The number of anilines is 1. The van der Waals surface area contributed by atoms with Gasteiger partial charge in [-0.3, -0.25) is 10.1 Å². The van der Waals surface area contributed by atoms with E-state index in [1.807, 2.05) is 0 Å². The Morgan fingerprint density at radius 2 is 1.91 bits per heavy atom. The summed E-state index contributed by atoms with van der Waals surface area (Å²) in [5.41, 5.74) is -0.525. The summed E-state index contributed by atoms with van der Waals surface area (Å²) in [7, 11) is 0. The van der Waals surface area contributed by atoms with Crippen LogP contribution in [0.1, 0.15) is 25.0 Å². The fourth-order valence-corrected chi connectivity index (χ4v) is 1.76. The normalized spacial score (nSPS) is 12.5. The van der Waals surface area contributed by atoms with Crippen molar-refractivity contribution in [3.63, 3.8) is 0 Å². The monoisotopic (exact) mass is 317 g/mol. The van der Waals surface area contributed by atoms with Crippen LogP contribution in [0, 0.1) is 6.92 Å². The Balaban J connectivity index is 2.78. The van der Waals surface area contributed by atoms with Crippen LogP contribution in [0.4, 0.5) is 23.7 Å². The molecule has 0 radical (unpaired) electrons. The minimum atomic E-state index is -4.46. The van der Waals surface area contributed by atoms with Crippen molar-refractivity contribution in [3.8, 4) is 0 Å². The van der Waals surface area contributed by atoms with Crippen LogP contribution in [0.15, 0.2) is 18.2 Å². The fourth-order valence-electron chi connectivity index (χ4n) is 1.76.